The maximum Gasteiger partial charge on any atom is 0.409 e. The number of amides is 2. The summed E-state index contributed by atoms with van der Waals surface area (Å²) in [4.78, 5) is 30.5. The number of benzene rings is 1. The molecule has 0 saturated carbocycles. The van der Waals surface area contributed by atoms with Gasteiger partial charge >= 0.3 is 6.09 Å². The predicted molar refractivity (Wildman–Crippen MR) is 118 cm³/mol. The van der Waals surface area contributed by atoms with Crippen LogP contribution in [0.5, 0.6) is 0 Å². The van der Waals surface area contributed by atoms with Gasteiger partial charge in [-0.1, -0.05) is 6.07 Å². The third-order valence-corrected chi connectivity index (χ3v) is 6.70. The van der Waals surface area contributed by atoms with Gasteiger partial charge in [0.1, 0.15) is 12.2 Å². The molecule has 2 aliphatic heterocycles. The number of rotatable bonds is 5. The highest BCUT2D eigenvalue weighted by molar-refractivity contribution is 7.89. The minimum atomic E-state index is -3.43. The number of hydrogen-bond donors (Lipinski definition) is 2. The molecule has 0 aliphatic carbocycles. The van der Waals surface area contributed by atoms with E-state index >= 15 is 0 Å². The molecule has 4 rings (SSSR count). The van der Waals surface area contributed by atoms with Gasteiger partial charge in [0.05, 0.1) is 18.9 Å². The zero-order valence-corrected chi connectivity index (χ0v) is 18.8. The Hall–Kier alpha value is -3.18. The molecule has 3 heterocycles. The van der Waals surface area contributed by atoms with E-state index in [0.717, 1.165) is 40.0 Å². The van der Waals surface area contributed by atoms with Crippen molar-refractivity contribution < 1.29 is 28.1 Å². The van der Waals surface area contributed by atoms with Crippen LogP contribution in [-0.2, 0) is 14.8 Å². The van der Waals surface area contributed by atoms with Crippen LogP contribution in [0.15, 0.2) is 41.7 Å². The molecule has 2 amide bonds. The Labute approximate surface area is 186 Å². The Morgan fingerprint density at radius 2 is 2.12 bits per heavy atom. The number of nitrogens with zero attached hydrogens (tertiary/aromatic N) is 3. The highest BCUT2D eigenvalue weighted by Gasteiger charge is 2.27. The second-order valence-electron chi connectivity index (χ2n) is 8.00. The van der Waals surface area contributed by atoms with E-state index < -0.39 is 10.0 Å². The first-order chi connectivity index (χ1) is 15.2. The van der Waals surface area contributed by atoms with Gasteiger partial charge < -0.3 is 15.0 Å². The molecule has 1 unspecified atom stereocenters. The lowest BCUT2D eigenvalue weighted by molar-refractivity contribution is -0.440. The lowest BCUT2D eigenvalue weighted by Gasteiger charge is -2.31. The third-order valence-electron chi connectivity index (χ3n) is 5.71. The van der Waals surface area contributed by atoms with E-state index in [1.165, 1.54) is 25.6 Å². The Morgan fingerprint density at radius 1 is 1.31 bits per heavy atom. The van der Waals surface area contributed by atoms with Crippen molar-refractivity contribution in [1.82, 2.24) is 14.2 Å². The average Bonchev–Trinajstić information content (AvgIpc) is 3.43. The van der Waals surface area contributed by atoms with Crippen molar-refractivity contribution in [3.8, 4) is 0 Å². The molecule has 1 aromatic heterocycles. The first kappa shape index (κ1) is 22.0. The van der Waals surface area contributed by atoms with E-state index in [4.69, 9.17) is 4.74 Å². The summed E-state index contributed by atoms with van der Waals surface area (Å²) in [5.74, 6) is 0.585. The first-order valence-electron chi connectivity index (χ1n) is 10.3. The molecule has 10 nitrogen and oxygen atoms in total. The Morgan fingerprint density at radius 3 is 2.84 bits per heavy atom. The topological polar surface area (TPSA) is 127 Å². The summed E-state index contributed by atoms with van der Waals surface area (Å²) in [6, 6.07) is 7.54. The van der Waals surface area contributed by atoms with E-state index in [-0.39, 0.29) is 30.0 Å². The van der Waals surface area contributed by atoms with E-state index in [9.17, 15) is 18.0 Å². The summed E-state index contributed by atoms with van der Waals surface area (Å²) in [5.41, 5.74) is 3.23. The van der Waals surface area contributed by atoms with Crippen molar-refractivity contribution in [2.45, 2.75) is 18.8 Å². The number of piperidine rings is 1. The van der Waals surface area contributed by atoms with Gasteiger partial charge in [-0.15, -0.1) is 0 Å². The van der Waals surface area contributed by atoms with Crippen LogP contribution in [0.25, 0.3) is 0 Å². The van der Waals surface area contributed by atoms with Crippen molar-refractivity contribution in [2.24, 2.45) is 4.99 Å². The highest BCUT2D eigenvalue weighted by atomic mass is 32.2. The van der Waals surface area contributed by atoms with Gasteiger partial charge in [-0.3, -0.25) is 14.1 Å². The van der Waals surface area contributed by atoms with E-state index in [1.807, 2.05) is 17.4 Å². The van der Waals surface area contributed by atoms with Crippen LogP contribution in [0.1, 0.15) is 34.7 Å². The molecule has 1 aromatic carbocycles. The number of ether oxygens (including phenoxy) is 1. The minimum absolute atomic E-state index is 0.229. The maximum atomic E-state index is 12.4. The Bertz CT molecular complexity index is 1190. The smallest absolute Gasteiger partial charge is 0.409 e. The van der Waals surface area contributed by atoms with Crippen LogP contribution in [0.3, 0.4) is 0 Å². The molecule has 32 heavy (non-hydrogen) atoms. The number of aromatic nitrogens is 1. The fourth-order valence-corrected chi connectivity index (χ4v) is 4.62. The number of carbonyl (C=O) groups is 2. The standard InChI is InChI=1S/C21H25N5O5S/c1-31-21(28)25-8-3-4-15(12-25)14-5-6-17-18(10-14)24-19(23-17)11-22-20(27)16-7-9-26(13-16)32(2,29)30/h5-7,9-10,13,15H,3-4,8,11-12H2,1-2H3,(H,22,27)(H,23,24)/p+1. The predicted octanol–water partition coefficient (Wildman–Crippen LogP) is 0.910. The number of likely N-dealkylation sites (tertiary alicyclic amines) is 1. The second-order valence-corrected chi connectivity index (χ2v) is 9.88. The van der Waals surface area contributed by atoms with Crippen molar-refractivity contribution in [1.29, 1.82) is 0 Å². The van der Waals surface area contributed by atoms with Gasteiger partial charge in [0.15, 0.2) is 5.69 Å². The molecule has 170 valence electrons. The first-order valence-corrected chi connectivity index (χ1v) is 12.2. The zero-order valence-electron chi connectivity index (χ0n) is 17.9. The maximum absolute atomic E-state index is 12.4. The number of nitrogens with one attached hydrogen (secondary N) is 1. The molecule has 1 saturated heterocycles. The van der Waals surface area contributed by atoms with Gasteiger partial charge in [-0.25, -0.2) is 13.2 Å². The summed E-state index contributed by atoms with van der Waals surface area (Å²) < 4.78 is 29.0. The summed E-state index contributed by atoms with van der Waals surface area (Å²) in [6.45, 7) is 1.57. The molecule has 2 aromatic rings. The quantitative estimate of drug-likeness (QED) is 0.642. The Balaban J connectivity index is 1.36. The number of quaternary nitrogens is 1. The third kappa shape index (κ3) is 4.68. The number of fused-ring (bicyclic) bond motifs is 1. The summed E-state index contributed by atoms with van der Waals surface area (Å²) in [6.07, 6.45) is 5.33. The van der Waals surface area contributed by atoms with Gasteiger partial charge in [0, 0.05) is 37.5 Å². The molecule has 3 N–H and O–H groups in total. The number of hydrogen-bond acceptors (Lipinski definition) is 6. The largest absolute Gasteiger partial charge is 0.453 e. The van der Waals surface area contributed by atoms with E-state index in [1.54, 1.807) is 4.90 Å². The van der Waals surface area contributed by atoms with Crippen molar-refractivity contribution in [2.75, 3.05) is 33.0 Å². The van der Waals surface area contributed by atoms with Gasteiger partial charge in [0.2, 0.25) is 15.9 Å². The fourth-order valence-electron chi connectivity index (χ4n) is 4.04. The molecule has 0 radical (unpaired) electrons. The van der Waals surface area contributed by atoms with Crippen molar-refractivity contribution >= 4 is 39.2 Å². The molecular weight excluding hydrogens is 434 g/mol. The lowest BCUT2D eigenvalue weighted by Crippen LogP contribution is -2.82. The van der Waals surface area contributed by atoms with Crippen molar-refractivity contribution in [3.05, 3.63) is 47.8 Å². The van der Waals surface area contributed by atoms with Gasteiger partial charge in [0.25, 0.3) is 5.91 Å². The number of methoxy groups -OCH3 is 1. The average molecular weight is 461 g/mol. The lowest BCUT2D eigenvalue weighted by atomic mass is 9.90. The second kappa shape index (κ2) is 8.75. The highest BCUT2D eigenvalue weighted by Crippen LogP contribution is 2.32. The van der Waals surface area contributed by atoms with Crippen LogP contribution >= 0.6 is 0 Å². The zero-order chi connectivity index (χ0) is 22.9. The monoisotopic (exact) mass is 460 g/mol. The van der Waals surface area contributed by atoms with Gasteiger partial charge in [-0.2, -0.15) is 4.99 Å². The van der Waals surface area contributed by atoms with Crippen LogP contribution < -0.4 is 10.6 Å². The molecule has 2 aliphatic rings. The van der Waals surface area contributed by atoms with Crippen LogP contribution in [-0.4, -0.2) is 68.1 Å². The number of nitrogens with two attached hydrogens (primary N) is 1. The normalized spacial score (nSPS) is 18.1. The van der Waals surface area contributed by atoms with Crippen LogP contribution in [0, 0.1) is 0 Å². The van der Waals surface area contributed by atoms with Gasteiger partial charge in [-0.05, 0) is 30.5 Å². The fraction of sp³-hybridized carbons (Fsp3) is 0.381. The summed E-state index contributed by atoms with van der Waals surface area (Å²) in [7, 11) is -2.03. The molecule has 1 fully saturated rings. The number of carbonyl (C=O) groups excluding carboxylic acids is 2. The molecule has 0 spiro atoms. The van der Waals surface area contributed by atoms with Crippen LogP contribution in [0.2, 0.25) is 0 Å². The Kier molecular flexibility index (Phi) is 6.02. The number of amidine groups is 1. The number of aliphatic imine (C=N–C) groups is 1. The summed E-state index contributed by atoms with van der Waals surface area (Å²) in [5, 5.41) is 4.71. The molecule has 11 heteroatoms. The summed E-state index contributed by atoms with van der Waals surface area (Å²) >= 11 is 0. The molecule has 0 bridgehead atoms. The van der Waals surface area contributed by atoms with E-state index in [0.29, 0.717) is 18.9 Å². The van der Waals surface area contributed by atoms with Crippen molar-refractivity contribution in [3.63, 3.8) is 0 Å². The van der Waals surface area contributed by atoms with Crippen LogP contribution in [0.4, 0.5) is 16.2 Å². The molecular formula is C21H26N5O5S+. The van der Waals surface area contributed by atoms with E-state index in [2.05, 4.69) is 16.4 Å². The SMILES string of the molecule is COC(=O)N1CCCC(c2ccc3c(c2)[NH2+]C(CNC(=O)c2ccn(S(C)(=O)=O)c2)=N3)C1. The molecule has 1 atom stereocenters. The minimum Gasteiger partial charge on any atom is -0.453 e.